The maximum atomic E-state index is 12.5. The minimum Gasteiger partial charge on any atom is -0.396 e. The van der Waals surface area contributed by atoms with E-state index in [1.54, 1.807) is 6.07 Å². The number of aliphatic hydroxyl groups is 1. The van der Waals surface area contributed by atoms with Crippen LogP contribution in [-0.4, -0.2) is 48.3 Å². The highest BCUT2D eigenvalue weighted by molar-refractivity contribution is 6.39. The van der Waals surface area contributed by atoms with Gasteiger partial charge in [-0.3, -0.25) is 9.69 Å². The Labute approximate surface area is 135 Å². The average molecular weight is 359 g/mol. The first kappa shape index (κ1) is 19.0. The summed E-state index contributed by atoms with van der Waals surface area (Å²) < 4.78 is 37.4. The number of hydrogen-bond donors (Lipinski definition) is 2. The Bertz CT molecular complexity index is 492. The van der Waals surface area contributed by atoms with Gasteiger partial charge in [-0.05, 0) is 18.6 Å². The van der Waals surface area contributed by atoms with Crippen molar-refractivity contribution in [2.45, 2.75) is 12.6 Å². The number of benzene rings is 1. The molecule has 124 valence electrons. The summed E-state index contributed by atoms with van der Waals surface area (Å²) in [7, 11) is 0. The third-order valence-electron chi connectivity index (χ3n) is 2.63. The zero-order valence-electron chi connectivity index (χ0n) is 11.5. The molecule has 0 heterocycles. The van der Waals surface area contributed by atoms with Crippen LogP contribution in [-0.2, 0) is 4.79 Å². The van der Waals surface area contributed by atoms with Crippen molar-refractivity contribution in [3.05, 3.63) is 28.2 Å². The van der Waals surface area contributed by atoms with Crippen molar-refractivity contribution in [2.24, 2.45) is 0 Å². The monoisotopic (exact) mass is 358 g/mol. The molecule has 0 radical (unpaired) electrons. The minimum atomic E-state index is -4.43. The first-order valence-electron chi connectivity index (χ1n) is 6.37. The molecule has 2 N–H and O–H groups in total. The molecule has 0 saturated carbocycles. The number of rotatable bonds is 7. The van der Waals surface area contributed by atoms with Gasteiger partial charge in [0.1, 0.15) is 0 Å². The highest BCUT2D eigenvalue weighted by Gasteiger charge is 2.31. The Kier molecular flexibility index (Phi) is 7.41. The zero-order chi connectivity index (χ0) is 16.8. The predicted octanol–water partition coefficient (Wildman–Crippen LogP) is 3.18. The Morgan fingerprint density at radius 2 is 1.86 bits per heavy atom. The topological polar surface area (TPSA) is 52.6 Å². The van der Waals surface area contributed by atoms with E-state index in [-0.39, 0.29) is 35.3 Å². The van der Waals surface area contributed by atoms with Crippen molar-refractivity contribution in [2.75, 3.05) is 31.6 Å². The Morgan fingerprint density at radius 1 is 1.27 bits per heavy atom. The second-order valence-electron chi connectivity index (χ2n) is 4.55. The van der Waals surface area contributed by atoms with Gasteiger partial charge in [0.2, 0.25) is 5.91 Å². The van der Waals surface area contributed by atoms with Gasteiger partial charge in [-0.25, -0.2) is 0 Å². The molecule has 0 unspecified atom stereocenters. The number of carbonyl (C=O) groups excluding carboxylic acids is 1. The molecular formula is C13H15Cl2F3N2O2. The summed E-state index contributed by atoms with van der Waals surface area (Å²) in [5, 5.41) is 11.5. The summed E-state index contributed by atoms with van der Waals surface area (Å²) >= 11 is 11.7. The quantitative estimate of drug-likeness (QED) is 0.786. The van der Waals surface area contributed by atoms with Gasteiger partial charge >= 0.3 is 6.18 Å². The van der Waals surface area contributed by atoms with Gasteiger partial charge < -0.3 is 10.4 Å². The minimum absolute atomic E-state index is 0.0559. The highest BCUT2D eigenvalue weighted by Crippen LogP contribution is 2.29. The van der Waals surface area contributed by atoms with Crippen LogP contribution < -0.4 is 5.32 Å². The fourth-order valence-electron chi connectivity index (χ4n) is 1.76. The molecule has 1 aromatic carbocycles. The van der Waals surface area contributed by atoms with Crippen LogP contribution in [0.2, 0.25) is 10.0 Å². The summed E-state index contributed by atoms with van der Waals surface area (Å²) in [6, 6.07) is 4.59. The van der Waals surface area contributed by atoms with Gasteiger partial charge in [0, 0.05) is 13.2 Å². The van der Waals surface area contributed by atoms with E-state index in [9.17, 15) is 18.0 Å². The number of alkyl halides is 3. The number of amides is 1. The Morgan fingerprint density at radius 3 is 2.36 bits per heavy atom. The van der Waals surface area contributed by atoms with Crippen molar-refractivity contribution >= 4 is 34.8 Å². The van der Waals surface area contributed by atoms with E-state index in [1.807, 2.05) is 0 Å². The van der Waals surface area contributed by atoms with Gasteiger partial charge in [-0.15, -0.1) is 0 Å². The number of nitrogens with one attached hydrogen (secondary N) is 1. The number of halogens is 5. The fraction of sp³-hybridized carbons (Fsp3) is 0.462. The molecule has 4 nitrogen and oxygen atoms in total. The van der Waals surface area contributed by atoms with Crippen molar-refractivity contribution in [1.82, 2.24) is 4.90 Å². The number of hydrogen-bond acceptors (Lipinski definition) is 3. The van der Waals surface area contributed by atoms with Gasteiger partial charge in [0.05, 0.1) is 28.8 Å². The van der Waals surface area contributed by atoms with E-state index in [2.05, 4.69) is 5.32 Å². The lowest BCUT2D eigenvalue weighted by Crippen LogP contribution is -2.40. The number of aliphatic hydroxyl groups excluding tert-OH is 1. The number of carbonyl (C=O) groups is 1. The second kappa shape index (κ2) is 8.57. The maximum Gasteiger partial charge on any atom is 0.401 e. The first-order chi connectivity index (χ1) is 10.2. The second-order valence-corrected chi connectivity index (χ2v) is 5.36. The summed E-state index contributed by atoms with van der Waals surface area (Å²) in [5.41, 5.74) is 0.157. The van der Waals surface area contributed by atoms with E-state index in [4.69, 9.17) is 28.3 Å². The smallest absolute Gasteiger partial charge is 0.396 e. The van der Waals surface area contributed by atoms with Gasteiger partial charge in [0.15, 0.2) is 0 Å². The lowest BCUT2D eigenvalue weighted by molar-refractivity contribution is -0.148. The van der Waals surface area contributed by atoms with Gasteiger partial charge in [-0.2, -0.15) is 13.2 Å². The normalized spacial score (nSPS) is 11.8. The summed E-state index contributed by atoms with van der Waals surface area (Å²) in [6.07, 6.45) is -4.30. The van der Waals surface area contributed by atoms with Gasteiger partial charge in [-0.1, -0.05) is 29.3 Å². The highest BCUT2D eigenvalue weighted by atomic mass is 35.5. The summed E-state index contributed by atoms with van der Waals surface area (Å²) in [4.78, 5) is 12.8. The predicted molar refractivity (Wildman–Crippen MR) is 79.3 cm³/mol. The van der Waals surface area contributed by atoms with Crippen molar-refractivity contribution in [1.29, 1.82) is 0 Å². The van der Waals surface area contributed by atoms with E-state index < -0.39 is 25.2 Å². The fourth-order valence-corrected chi connectivity index (χ4v) is 2.25. The van der Waals surface area contributed by atoms with E-state index in [1.165, 1.54) is 12.1 Å². The Balaban J connectivity index is 2.70. The number of anilines is 1. The molecule has 0 aliphatic heterocycles. The van der Waals surface area contributed by atoms with Crippen LogP contribution in [0.3, 0.4) is 0 Å². The SMILES string of the molecule is O=C(CN(CCCO)CC(F)(F)F)Nc1c(Cl)cccc1Cl. The molecule has 0 spiro atoms. The molecule has 0 saturated heterocycles. The molecule has 0 fully saturated rings. The molecule has 0 atom stereocenters. The van der Waals surface area contributed by atoms with E-state index >= 15 is 0 Å². The number of nitrogens with zero attached hydrogens (tertiary/aromatic N) is 1. The largest absolute Gasteiger partial charge is 0.401 e. The van der Waals surface area contributed by atoms with Crippen molar-refractivity contribution in [3.63, 3.8) is 0 Å². The molecule has 9 heteroatoms. The van der Waals surface area contributed by atoms with Crippen LogP contribution in [0.25, 0.3) is 0 Å². The van der Waals surface area contributed by atoms with Crippen LogP contribution in [0, 0.1) is 0 Å². The van der Waals surface area contributed by atoms with Gasteiger partial charge in [0.25, 0.3) is 0 Å². The maximum absolute atomic E-state index is 12.5. The molecule has 1 amide bonds. The molecule has 0 aliphatic carbocycles. The Hall–Kier alpha value is -1.02. The molecule has 0 aliphatic rings. The molecule has 0 bridgehead atoms. The zero-order valence-corrected chi connectivity index (χ0v) is 13.0. The third-order valence-corrected chi connectivity index (χ3v) is 3.26. The third kappa shape index (κ3) is 6.83. The molecule has 0 aromatic heterocycles. The molecule has 1 rings (SSSR count). The van der Waals surface area contributed by atoms with Crippen LogP contribution in [0.4, 0.5) is 18.9 Å². The van der Waals surface area contributed by atoms with Crippen LogP contribution >= 0.6 is 23.2 Å². The standard InChI is InChI=1S/C13H15Cl2F3N2O2/c14-9-3-1-4-10(15)12(9)19-11(22)7-20(5-2-6-21)8-13(16,17)18/h1,3-4,21H,2,5-8H2,(H,19,22). The summed E-state index contributed by atoms with van der Waals surface area (Å²) in [5.74, 6) is -0.669. The van der Waals surface area contributed by atoms with Crippen molar-refractivity contribution < 1.29 is 23.1 Å². The molecule has 22 heavy (non-hydrogen) atoms. The van der Waals surface area contributed by atoms with Crippen LogP contribution in [0.5, 0.6) is 0 Å². The summed E-state index contributed by atoms with van der Waals surface area (Å²) in [6.45, 7) is -2.04. The average Bonchev–Trinajstić information content (AvgIpc) is 2.38. The van der Waals surface area contributed by atoms with Crippen molar-refractivity contribution in [3.8, 4) is 0 Å². The first-order valence-corrected chi connectivity index (χ1v) is 7.12. The lowest BCUT2D eigenvalue weighted by atomic mass is 10.3. The van der Waals surface area contributed by atoms with E-state index in [0.29, 0.717) is 0 Å². The van der Waals surface area contributed by atoms with Crippen LogP contribution in [0.1, 0.15) is 6.42 Å². The molecule has 1 aromatic rings. The van der Waals surface area contributed by atoms with E-state index in [0.717, 1.165) is 4.90 Å². The van der Waals surface area contributed by atoms with Crippen LogP contribution in [0.15, 0.2) is 18.2 Å². The lowest BCUT2D eigenvalue weighted by Gasteiger charge is -2.23. The molecular weight excluding hydrogens is 344 g/mol. The number of para-hydroxylation sites is 1.